The van der Waals surface area contributed by atoms with E-state index in [9.17, 15) is 4.79 Å². The van der Waals surface area contributed by atoms with E-state index >= 15 is 0 Å². The minimum absolute atomic E-state index is 0. The summed E-state index contributed by atoms with van der Waals surface area (Å²) in [5.74, 6) is 0.116. The Morgan fingerprint density at radius 1 is 1.00 bits per heavy atom. The Bertz CT molecular complexity index is 888. The molecule has 2 aliphatic rings. The van der Waals surface area contributed by atoms with Crippen LogP contribution in [0.3, 0.4) is 0 Å². The van der Waals surface area contributed by atoms with Crippen LogP contribution >= 0.6 is 24.2 Å². The van der Waals surface area contributed by atoms with E-state index in [0.717, 1.165) is 18.7 Å². The second-order valence-electron chi connectivity index (χ2n) is 8.77. The Morgan fingerprint density at radius 2 is 1.62 bits per heavy atom. The van der Waals surface area contributed by atoms with Crippen LogP contribution < -0.4 is 4.90 Å². The number of amides is 1. The largest absolute Gasteiger partial charge is 0.339 e. The van der Waals surface area contributed by atoms with Gasteiger partial charge < -0.3 is 14.7 Å². The summed E-state index contributed by atoms with van der Waals surface area (Å²) >= 11 is 1.79. The molecule has 0 radical (unpaired) electrons. The molecule has 4 rings (SSSR count). The molecular weight excluding hydrogens is 438 g/mol. The molecule has 2 saturated heterocycles. The summed E-state index contributed by atoms with van der Waals surface area (Å²) in [7, 11) is 2.30. The molecule has 0 saturated carbocycles. The number of fused-ring (bicyclic) bond motifs is 2. The van der Waals surface area contributed by atoms with Gasteiger partial charge >= 0.3 is 0 Å². The van der Waals surface area contributed by atoms with Gasteiger partial charge in [-0.2, -0.15) is 0 Å². The predicted octanol–water partition coefficient (Wildman–Crippen LogP) is 6.08. The summed E-state index contributed by atoms with van der Waals surface area (Å²) in [6.07, 6.45) is 7.14. The number of piperidine rings is 1. The molecule has 0 aliphatic carbocycles. The lowest BCUT2D eigenvalue weighted by atomic mass is 9.95. The van der Waals surface area contributed by atoms with Gasteiger partial charge in [0.1, 0.15) is 0 Å². The number of hydrogen-bond acceptors (Lipinski definition) is 4. The Morgan fingerprint density at radius 3 is 2.19 bits per heavy atom. The van der Waals surface area contributed by atoms with Gasteiger partial charge in [-0.1, -0.05) is 6.07 Å². The van der Waals surface area contributed by atoms with Crippen molar-refractivity contribution in [2.45, 2.75) is 62.6 Å². The van der Waals surface area contributed by atoms with Crippen molar-refractivity contribution in [3.63, 3.8) is 0 Å². The molecule has 4 nitrogen and oxygen atoms in total. The molecule has 2 bridgehead atoms. The van der Waals surface area contributed by atoms with Crippen LogP contribution in [0.15, 0.2) is 53.4 Å². The smallest absolute Gasteiger partial charge is 0.253 e. The molecule has 0 spiro atoms. The lowest BCUT2D eigenvalue weighted by Crippen LogP contribution is -2.47. The predicted molar refractivity (Wildman–Crippen MR) is 139 cm³/mol. The van der Waals surface area contributed by atoms with E-state index in [0.29, 0.717) is 18.1 Å². The van der Waals surface area contributed by atoms with Crippen molar-refractivity contribution >= 4 is 41.5 Å². The second kappa shape index (κ2) is 11.0. The number of nitrogens with zero attached hydrogens (tertiary/aromatic N) is 3. The van der Waals surface area contributed by atoms with Gasteiger partial charge in [-0.15, -0.1) is 24.2 Å². The van der Waals surface area contributed by atoms with Crippen molar-refractivity contribution in [1.29, 1.82) is 0 Å². The van der Waals surface area contributed by atoms with E-state index in [1.807, 2.05) is 30.9 Å². The van der Waals surface area contributed by atoms with Gasteiger partial charge in [0.05, 0.1) is 0 Å². The Labute approximate surface area is 203 Å². The molecule has 2 heterocycles. The second-order valence-corrected chi connectivity index (χ2v) is 9.65. The SMILES string of the molecule is CCN(CC)C(=O)c1ccc(N(c2cccc(SC)c2)[C@H]2C[C@H]3CC[C@@H](C2)N3C)cc1.Cl. The van der Waals surface area contributed by atoms with Crippen molar-refractivity contribution in [1.82, 2.24) is 9.80 Å². The average Bonchev–Trinajstić information content (AvgIpc) is 3.00. The van der Waals surface area contributed by atoms with Crippen molar-refractivity contribution in [2.75, 3.05) is 31.3 Å². The summed E-state index contributed by atoms with van der Waals surface area (Å²) in [4.78, 5) is 21.1. The van der Waals surface area contributed by atoms with Crippen molar-refractivity contribution in [2.24, 2.45) is 0 Å². The van der Waals surface area contributed by atoms with Gasteiger partial charge in [-0.25, -0.2) is 0 Å². The highest BCUT2D eigenvalue weighted by atomic mass is 35.5. The van der Waals surface area contributed by atoms with Crippen LogP contribution in [0.25, 0.3) is 0 Å². The van der Waals surface area contributed by atoms with Crippen LogP contribution in [-0.2, 0) is 0 Å². The van der Waals surface area contributed by atoms with Crippen molar-refractivity contribution < 1.29 is 4.79 Å². The molecule has 32 heavy (non-hydrogen) atoms. The van der Waals surface area contributed by atoms with E-state index in [2.05, 4.69) is 59.5 Å². The Balaban J connectivity index is 0.00000289. The average molecular weight is 474 g/mol. The number of benzene rings is 2. The van der Waals surface area contributed by atoms with Gasteiger partial charge in [0.15, 0.2) is 0 Å². The van der Waals surface area contributed by atoms with Crippen LogP contribution in [0.2, 0.25) is 0 Å². The zero-order chi connectivity index (χ0) is 22.0. The number of rotatable bonds is 7. The number of carbonyl (C=O) groups is 1. The minimum Gasteiger partial charge on any atom is -0.339 e. The molecule has 0 N–H and O–H groups in total. The fourth-order valence-electron chi connectivity index (χ4n) is 5.38. The van der Waals surface area contributed by atoms with Crippen LogP contribution in [0, 0.1) is 0 Å². The topological polar surface area (TPSA) is 26.8 Å². The molecule has 0 unspecified atom stereocenters. The summed E-state index contributed by atoms with van der Waals surface area (Å²) < 4.78 is 0. The minimum atomic E-state index is 0. The van der Waals surface area contributed by atoms with Crippen LogP contribution in [-0.4, -0.2) is 60.2 Å². The summed E-state index contributed by atoms with van der Waals surface area (Å²) in [6.45, 7) is 5.54. The van der Waals surface area contributed by atoms with E-state index in [4.69, 9.17) is 0 Å². The first kappa shape index (κ1) is 24.9. The highest BCUT2D eigenvalue weighted by molar-refractivity contribution is 7.98. The van der Waals surface area contributed by atoms with E-state index in [1.165, 1.54) is 42.0 Å². The maximum atomic E-state index is 12.8. The molecule has 2 fully saturated rings. The summed E-state index contributed by atoms with van der Waals surface area (Å²) in [5, 5.41) is 0. The molecule has 174 valence electrons. The summed E-state index contributed by atoms with van der Waals surface area (Å²) in [6, 6.07) is 19.0. The first-order valence-electron chi connectivity index (χ1n) is 11.6. The third-order valence-corrected chi connectivity index (χ3v) is 7.94. The Kier molecular flexibility index (Phi) is 8.54. The van der Waals surface area contributed by atoms with E-state index < -0.39 is 0 Å². The number of thioether (sulfide) groups is 1. The van der Waals surface area contributed by atoms with Crippen molar-refractivity contribution in [3.05, 3.63) is 54.1 Å². The standard InChI is InChI=1S/C26H35N3OS.ClH/c1-5-28(6-2)26(30)19-10-12-20(13-11-19)29(23-8-7-9-25(18-23)31-4)24-16-21-14-15-22(17-24)27(21)3;/h7-13,18,21-22,24H,5-6,14-17H2,1-4H3;1H/t21-,22+,24+;. The number of halogens is 1. The molecule has 6 heteroatoms. The Hall–Kier alpha value is -1.69. The zero-order valence-corrected chi connectivity index (χ0v) is 21.3. The van der Waals surface area contributed by atoms with Gasteiger partial charge in [-0.3, -0.25) is 4.79 Å². The molecule has 2 aliphatic heterocycles. The fraction of sp³-hybridized carbons (Fsp3) is 0.500. The fourth-order valence-corrected chi connectivity index (χ4v) is 5.84. The first-order chi connectivity index (χ1) is 15.0. The lowest BCUT2D eigenvalue weighted by Gasteiger charge is -2.43. The van der Waals surface area contributed by atoms with E-state index in [1.54, 1.807) is 11.8 Å². The molecule has 2 aromatic rings. The molecule has 1 amide bonds. The molecular formula is C26H36ClN3OS. The normalized spacial score (nSPS) is 22.3. The first-order valence-corrected chi connectivity index (χ1v) is 12.8. The monoisotopic (exact) mass is 473 g/mol. The highest BCUT2D eigenvalue weighted by Crippen LogP contribution is 2.41. The maximum absolute atomic E-state index is 12.8. The van der Waals surface area contributed by atoms with Gasteiger partial charge in [0.2, 0.25) is 0 Å². The third kappa shape index (κ3) is 4.95. The zero-order valence-electron chi connectivity index (χ0n) is 19.7. The molecule has 0 aromatic heterocycles. The van der Waals surface area contributed by atoms with Crippen LogP contribution in [0.5, 0.6) is 0 Å². The third-order valence-electron chi connectivity index (χ3n) is 7.21. The van der Waals surface area contributed by atoms with Crippen LogP contribution in [0.1, 0.15) is 49.9 Å². The molecule has 2 aromatic carbocycles. The maximum Gasteiger partial charge on any atom is 0.253 e. The van der Waals surface area contributed by atoms with Gasteiger partial charge in [-0.05, 0) is 95.3 Å². The number of hydrogen-bond donors (Lipinski definition) is 0. The van der Waals surface area contributed by atoms with Gasteiger partial charge in [0, 0.05) is 53.0 Å². The molecule has 3 atom stereocenters. The number of carbonyl (C=O) groups excluding carboxylic acids is 1. The highest BCUT2D eigenvalue weighted by Gasteiger charge is 2.40. The lowest BCUT2D eigenvalue weighted by molar-refractivity contribution is 0.0773. The quantitative estimate of drug-likeness (QED) is 0.455. The van der Waals surface area contributed by atoms with Gasteiger partial charge in [0.25, 0.3) is 5.91 Å². The number of anilines is 2. The van der Waals surface area contributed by atoms with E-state index in [-0.39, 0.29) is 18.3 Å². The van der Waals surface area contributed by atoms with Crippen molar-refractivity contribution in [3.8, 4) is 0 Å². The summed E-state index contributed by atoms with van der Waals surface area (Å²) in [5.41, 5.74) is 3.21. The van der Waals surface area contributed by atoms with Crippen LogP contribution in [0.4, 0.5) is 11.4 Å².